The van der Waals surface area contributed by atoms with Crippen molar-refractivity contribution in [3.05, 3.63) is 64.4 Å². The van der Waals surface area contributed by atoms with Crippen LogP contribution in [-0.4, -0.2) is 46.2 Å². The first-order valence-corrected chi connectivity index (χ1v) is 10.2. The van der Waals surface area contributed by atoms with Gasteiger partial charge in [-0.2, -0.15) is 0 Å². The molecule has 2 aliphatic rings. The van der Waals surface area contributed by atoms with Crippen molar-refractivity contribution in [2.75, 3.05) is 13.2 Å². The first-order valence-electron chi connectivity index (χ1n) is 9.42. The fourth-order valence-electron chi connectivity index (χ4n) is 4.48. The van der Waals surface area contributed by atoms with E-state index in [4.69, 9.17) is 14.6 Å². The van der Waals surface area contributed by atoms with Gasteiger partial charge in [0.25, 0.3) is 0 Å². The van der Waals surface area contributed by atoms with Gasteiger partial charge in [-0.3, -0.25) is 4.98 Å². The normalized spacial score (nSPS) is 25.2. The summed E-state index contributed by atoms with van der Waals surface area (Å²) in [6.07, 6.45) is 4.27. The van der Waals surface area contributed by atoms with E-state index in [1.807, 2.05) is 36.4 Å². The maximum Gasteiger partial charge on any atom is 0.410 e. The van der Waals surface area contributed by atoms with E-state index in [0.717, 1.165) is 22.0 Å². The monoisotopic (exact) mass is 460 g/mol. The third-order valence-corrected chi connectivity index (χ3v) is 6.37. The molecular weight excluding hydrogens is 440 g/mol. The van der Waals surface area contributed by atoms with Crippen molar-refractivity contribution in [3.63, 3.8) is 0 Å². The van der Waals surface area contributed by atoms with Crippen molar-refractivity contribution in [2.24, 2.45) is 5.92 Å². The van der Waals surface area contributed by atoms with Crippen molar-refractivity contribution in [1.29, 1.82) is 0 Å². The van der Waals surface area contributed by atoms with Gasteiger partial charge in [-0.25, -0.2) is 9.59 Å². The topological polar surface area (TPSA) is 89.0 Å². The van der Waals surface area contributed by atoms with E-state index in [-0.39, 0.29) is 24.7 Å². The number of fused-ring (bicyclic) bond motifs is 2. The van der Waals surface area contributed by atoms with E-state index in [9.17, 15) is 9.59 Å². The number of benzene rings is 1. The van der Waals surface area contributed by atoms with Gasteiger partial charge in [0.05, 0.1) is 0 Å². The summed E-state index contributed by atoms with van der Waals surface area (Å²) in [7, 11) is 0. The highest BCUT2D eigenvalue weighted by Crippen LogP contribution is 2.54. The van der Waals surface area contributed by atoms with Gasteiger partial charge < -0.3 is 19.5 Å². The van der Waals surface area contributed by atoms with Crippen LogP contribution < -0.4 is 0 Å². The molecule has 4 rings (SSSR count). The lowest BCUT2D eigenvalue weighted by molar-refractivity contribution is -0.157. The Morgan fingerprint density at radius 2 is 2.07 bits per heavy atom. The maximum atomic E-state index is 12.6. The second-order valence-corrected chi connectivity index (χ2v) is 8.26. The molecule has 1 N–H and O–H groups in total. The molecule has 1 aliphatic heterocycles. The predicted molar refractivity (Wildman–Crippen MR) is 107 cm³/mol. The number of carboxylic acid groups (broad SMARTS) is 1. The number of amides is 1. The van der Waals surface area contributed by atoms with Gasteiger partial charge in [0.15, 0.2) is 0 Å². The number of carboxylic acids is 1. The van der Waals surface area contributed by atoms with Gasteiger partial charge in [0.2, 0.25) is 0 Å². The molecule has 2 bridgehead atoms. The summed E-state index contributed by atoms with van der Waals surface area (Å²) < 4.78 is 12.2. The van der Waals surface area contributed by atoms with Gasteiger partial charge in [0, 0.05) is 47.4 Å². The van der Waals surface area contributed by atoms with Crippen molar-refractivity contribution in [2.45, 2.75) is 31.1 Å². The van der Waals surface area contributed by atoms with Crippen molar-refractivity contribution in [3.8, 4) is 0 Å². The molecule has 0 radical (unpaired) electrons. The molecule has 2 aromatic rings. The van der Waals surface area contributed by atoms with Crippen LogP contribution in [0.5, 0.6) is 0 Å². The third-order valence-electron chi connectivity index (χ3n) is 5.73. The number of piperidine rings is 1. The molecule has 152 valence electrons. The summed E-state index contributed by atoms with van der Waals surface area (Å²) >= 11 is 3.52. The van der Waals surface area contributed by atoms with E-state index in [0.29, 0.717) is 13.0 Å². The van der Waals surface area contributed by atoms with Crippen molar-refractivity contribution >= 4 is 28.0 Å². The number of carbonyl (C=O) groups is 2. The number of likely N-dealkylation sites (tertiary alicyclic amines) is 1. The second kappa shape index (κ2) is 8.12. The van der Waals surface area contributed by atoms with Crippen LogP contribution in [0.25, 0.3) is 0 Å². The Morgan fingerprint density at radius 1 is 1.28 bits per heavy atom. The van der Waals surface area contributed by atoms with Gasteiger partial charge in [0.1, 0.15) is 18.8 Å². The average Bonchev–Trinajstić information content (AvgIpc) is 3.30. The summed E-state index contributed by atoms with van der Waals surface area (Å²) in [4.78, 5) is 29.7. The second-order valence-electron chi connectivity index (χ2n) is 7.41. The fourth-order valence-corrected chi connectivity index (χ4v) is 5.07. The maximum absolute atomic E-state index is 12.6. The molecule has 1 aromatic heterocycles. The van der Waals surface area contributed by atoms with Gasteiger partial charge in [-0.15, -0.1) is 0 Å². The number of hydrogen-bond acceptors (Lipinski definition) is 5. The number of carbonyl (C=O) groups excluding carboxylic acids is 1. The van der Waals surface area contributed by atoms with Gasteiger partial charge in [-0.05, 0) is 34.0 Å². The minimum Gasteiger partial charge on any atom is -0.480 e. The molecule has 8 heteroatoms. The Labute approximate surface area is 176 Å². The molecule has 1 aliphatic carbocycles. The smallest absolute Gasteiger partial charge is 0.410 e. The van der Waals surface area contributed by atoms with Crippen LogP contribution in [0.15, 0.2) is 53.3 Å². The zero-order valence-electron chi connectivity index (χ0n) is 15.7. The summed E-state index contributed by atoms with van der Waals surface area (Å²) in [6.45, 7) is 0.299. The van der Waals surface area contributed by atoms with E-state index in [1.165, 1.54) is 0 Å². The standard InChI is InChI=1S/C21H21BrN2O5/c22-18-10-23-7-6-17(18)21(29-13-19(25)26)9-16-8-15(21)11-24(16)20(27)28-12-14-4-2-1-3-5-14/h1-7,10,15-16H,8-9,11-13H2,(H,25,26). The zero-order chi connectivity index (χ0) is 20.4. The van der Waals surface area contributed by atoms with Crippen molar-refractivity contribution in [1.82, 2.24) is 9.88 Å². The molecule has 2 heterocycles. The molecule has 1 saturated carbocycles. The number of rotatable bonds is 6. The van der Waals surface area contributed by atoms with E-state index >= 15 is 0 Å². The van der Waals surface area contributed by atoms with E-state index in [2.05, 4.69) is 20.9 Å². The fraction of sp³-hybridized carbons (Fsp3) is 0.381. The van der Waals surface area contributed by atoms with E-state index in [1.54, 1.807) is 17.3 Å². The van der Waals surface area contributed by atoms with Gasteiger partial charge in [-0.1, -0.05) is 30.3 Å². The van der Waals surface area contributed by atoms with Crippen LogP contribution in [0.2, 0.25) is 0 Å². The SMILES string of the molecule is O=C(O)COC1(c2ccncc2Br)CC2CC1CN2C(=O)OCc1ccccc1. The zero-order valence-corrected chi connectivity index (χ0v) is 17.2. The molecular formula is C21H21BrN2O5. The molecule has 3 atom stereocenters. The highest BCUT2D eigenvalue weighted by atomic mass is 79.9. The highest BCUT2D eigenvalue weighted by Gasteiger charge is 2.58. The average molecular weight is 461 g/mol. The Morgan fingerprint density at radius 3 is 2.72 bits per heavy atom. The Balaban J connectivity index is 1.49. The molecule has 0 spiro atoms. The number of ether oxygens (including phenoxy) is 2. The molecule has 1 aromatic carbocycles. The molecule has 2 fully saturated rings. The van der Waals surface area contributed by atoms with Crippen LogP contribution in [0.3, 0.4) is 0 Å². The third kappa shape index (κ3) is 3.86. The minimum absolute atomic E-state index is 0.0187. The lowest BCUT2D eigenvalue weighted by Crippen LogP contribution is -2.48. The minimum atomic E-state index is -1.02. The molecule has 3 unspecified atom stereocenters. The Kier molecular flexibility index (Phi) is 5.56. The summed E-state index contributed by atoms with van der Waals surface area (Å²) in [5.41, 5.74) is 1.05. The molecule has 29 heavy (non-hydrogen) atoms. The number of nitrogens with zero attached hydrogens (tertiary/aromatic N) is 2. The van der Waals surface area contributed by atoms with Crippen LogP contribution in [0.1, 0.15) is 24.0 Å². The van der Waals surface area contributed by atoms with Crippen LogP contribution in [-0.2, 0) is 26.5 Å². The number of pyridine rings is 1. The largest absolute Gasteiger partial charge is 0.480 e. The first-order chi connectivity index (χ1) is 14.0. The van der Waals surface area contributed by atoms with Crippen LogP contribution >= 0.6 is 15.9 Å². The lowest BCUT2D eigenvalue weighted by Gasteiger charge is -2.41. The first kappa shape index (κ1) is 19.8. The number of aromatic nitrogens is 1. The summed E-state index contributed by atoms with van der Waals surface area (Å²) in [6, 6.07) is 11.3. The molecule has 1 saturated heterocycles. The predicted octanol–water partition coefficient (Wildman–Crippen LogP) is 3.57. The lowest BCUT2D eigenvalue weighted by atomic mass is 9.82. The van der Waals surface area contributed by atoms with E-state index < -0.39 is 18.2 Å². The highest BCUT2D eigenvalue weighted by molar-refractivity contribution is 9.10. The van der Waals surface area contributed by atoms with Crippen molar-refractivity contribution < 1.29 is 24.2 Å². The van der Waals surface area contributed by atoms with Gasteiger partial charge >= 0.3 is 12.1 Å². The molecule has 1 amide bonds. The summed E-state index contributed by atoms with van der Waals surface area (Å²) in [5, 5.41) is 9.16. The number of aliphatic carboxylic acids is 1. The van der Waals surface area contributed by atoms with Crippen LogP contribution in [0.4, 0.5) is 4.79 Å². The molecule has 7 nitrogen and oxygen atoms in total. The Bertz CT molecular complexity index is 909. The van der Waals surface area contributed by atoms with Crippen LogP contribution in [0, 0.1) is 5.92 Å². The Hall–Kier alpha value is -2.45. The number of hydrogen-bond donors (Lipinski definition) is 1. The number of halogens is 1. The summed E-state index contributed by atoms with van der Waals surface area (Å²) in [5.74, 6) is -1.04. The quantitative estimate of drug-likeness (QED) is 0.708.